The third-order valence-corrected chi connectivity index (χ3v) is 1.38. The van der Waals surface area contributed by atoms with E-state index in [-0.39, 0.29) is 0 Å². The molecule has 0 saturated carbocycles. The molecule has 0 aliphatic rings. The Kier molecular flexibility index (Phi) is 2.55. The molecule has 0 aliphatic heterocycles. The van der Waals surface area contributed by atoms with E-state index in [2.05, 4.69) is 4.99 Å². The fourth-order valence-electron chi connectivity index (χ4n) is 0.827. The molecule has 1 N–H and O–H groups in total. The smallest absolute Gasteiger partial charge is 0.0281 e. The first-order valence-corrected chi connectivity index (χ1v) is 3.39. The summed E-state index contributed by atoms with van der Waals surface area (Å²) in [6.07, 6.45) is 3.11. The highest BCUT2D eigenvalue weighted by Crippen LogP contribution is 1.99. The average molecular weight is 146 g/mol. The zero-order valence-corrected chi connectivity index (χ0v) is 6.41. The quantitative estimate of drug-likeness (QED) is 0.617. The number of hydrogen-bond donors (Lipinski definition) is 1. The van der Waals surface area contributed by atoms with Gasteiger partial charge in [0.15, 0.2) is 0 Å². The van der Waals surface area contributed by atoms with Crippen molar-refractivity contribution in [2.75, 3.05) is 7.05 Å². The van der Waals surface area contributed by atoms with Crippen LogP contribution in [0.2, 0.25) is 0 Å². The van der Waals surface area contributed by atoms with E-state index in [0.717, 1.165) is 11.1 Å². The van der Waals surface area contributed by atoms with Gasteiger partial charge in [0.05, 0.1) is 0 Å². The van der Waals surface area contributed by atoms with Gasteiger partial charge < -0.3 is 5.41 Å². The van der Waals surface area contributed by atoms with E-state index in [0.29, 0.717) is 0 Å². The van der Waals surface area contributed by atoms with Gasteiger partial charge in [-0.25, -0.2) is 0 Å². The lowest BCUT2D eigenvalue weighted by Crippen LogP contribution is -1.82. The second kappa shape index (κ2) is 3.66. The van der Waals surface area contributed by atoms with Crippen molar-refractivity contribution in [1.82, 2.24) is 0 Å². The van der Waals surface area contributed by atoms with Crippen LogP contribution in [-0.4, -0.2) is 19.5 Å². The molecule has 0 heterocycles. The van der Waals surface area contributed by atoms with E-state index >= 15 is 0 Å². The molecule has 2 heteroatoms. The fraction of sp³-hybridized carbons (Fsp3) is 0.111. The molecule has 2 nitrogen and oxygen atoms in total. The molecule has 0 fully saturated rings. The zero-order valence-electron chi connectivity index (χ0n) is 6.41. The van der Waals surface area contributed by atoms with Crippen LogP contribution in [0.5, 0.6) is 0 Å². The van der Waals surface area contributed by atoms with Crippen molar-refractivity contribution >= 4 is 12.4 Å². The lowest BCUT2D eigenvalue weighted by molar-refractivity contribution is 1.46. The summed E-state index contributed by atoms with van der Waals surface area (Å²) in [6.45, 7) is 0. The molecular weight excluding hydrogens is 136 g/mol. The topological polar surface area (TPSA) is 36.2 Å². The van der Waals surface area contributed by atoms with Crippen molar-refractivity contribution in [3.8, 4) is 0 Å². The molecule has 0 unspecified atom stereocenters. The maximum absolute atomic E-state index is 6.96. The van der Waals surface area contributed by atoms with Crippen molar-refractivity contribution in [1.29, 1.82) is 5.41 Å². The number of nitrogens with zero attached hydrogens (tertiary/aromatic N) is 1. The van der Waals surface area contributed by atoms with Crippen LogP contribution in [0.15, 0.2) is 29.3 Å². The van der Waals surface area contributed by atoms with Gasteiger partial charge in [-0.15, -0.1) is 0 Å². The first-order valence-electron chi connectivity index (χ1n) is 3.39. The minimum absolute atomic E-state index is 0.915. The molecule has 0 spiro atoms. The van der Waals surface area contributed by atoms with E-state index in [1.165, 1.54) is 6.21 Å². The van der Waals surface area contributed by atoms with E-state index in [1.807, 2.05) is 24.3 Å². The minimum atomic E-state index is 0.915. The van der Waals surface area contributed by atoms with Gasteiger partial charge in [-0.3, -0.25) is 4.99 Å². The highest BCUT2D eigenvalue weighted by atomic mass is 14.6. The molecule has 0 radical (unpaired) electrons. The maximum Gasteiger partial charge on any atom is 0.0281 e. The Morgan fingerprint density at radius 3 is 2.18 bits per heavy atom. The standard InChI is InChI=1S/C9H10N2/c1-11-7-9-4-2-8(6-10)3-5-9/h2-7,10H,1H3/b10-6?,11-7+. The monoisotopic (exact) mass is 146 g/mol. The van der Waals surface area contributed by atoms with Crippen LogP contribution in [0.25, 0.3) is 0 Å². The van der Waals surface area contributed by atoms with Crippen LogP contribution in [0.3, 0.4) is 0 Å². The molecule has 0 aliphatic carbocycles. The molecular formula is C9H10N2. The third-order valence-electron chi connectivity index (χ3n) is 1.38. The van der Waals surface area contributed by atoms with Crippen LogP contribution >= 0.6 is 0 Å². The van der Waals surface area contributed by atoms with E-state index in [1.54, 1.807) is 13.3 Å². The summed E-state index contributed by atoms with van der Waals surface area (Å²) in [5, 5.41) is 6.96. The van der Waals surface area contributed by atoms with Crippen LogP contribution in [0.4, 0.5) is 0 Å². The van der Waals surface area contributed by atoms with Crippen LogP contribution in [-0.2, 0) is 0 Å². The summed E-state index contributed by atoms with van der Waals surface area (Å²) in [5.41, 5.74) is 1.98. The molecule has 11 heavy (non-hydrogen) atoms. The summed E-state index contributed by atoms with van der Waals surface area (Å²) in [4.78, 5) is 3.88. The first-order chi connectivity index (χ1) is 5.36. The Bertz CT molecular complexity index is 259. The van der Waals surface area contributed by atoms with Crippen LogP contribution < -0.4 is 0 Å². The van der Waals surface area contributed by atoms with Gasteiger partial charge in [0.2, 0.25) is 0 Å². The summed E-state index contributed by atoms with van der Waals surface area (Å²) >= 11 is 0. The van der Waals surface area contributed by atoms with Crippen molar-refractivity contribution in [3.05, 3.63) is 35.4 Å². The maximum atomic E-state index is 6.96. The van der Waals surface area contributed by atoms with E-state index < -0.39 is 0 Å². The Morgan fingerprint density at radius 2 is 1.73 bits per heavy atom. The predicted molar refractivity (Wildman–Crippen MR) is 47.8 cm³/mol. The Labute approximate surface area is 66.1 Å². The van der Waals surface area contributed by atoms with Gasteiger partial charge in [-0.2, -0.15) is 0 Å². The van der Waals surface area contributed by atoms with Gasteiger partial charge in [0.1, 0.15) is 0 Å². The van der Waals surface area contributed by atoms with Crippen LogP contribution in [0.1, 0.15) is 11.1 Å². The molecule has 1 rings (SSSR count). The second-order valence-corrected chi connectivity index (χ2v) is 2.20. The highest BCUT2D eigenvalue weighted by Gasteiger charge is 1.86. The fourth-order valence-corrected chi connectivity index (χ4v) is 0.827. The lowest BCUT2D eigenvalue weighted by Gasteiger charge is -1.92. The third kappa shape index (κ3) is 2.00. The van der Waals surface area contributed by atoms with Crippen molar-refractivity contribution < 1.29 is 0 Å². The first kappa shape index (κ1) is 7.66. The van der Waals surface area contributed by atoms with Crippen LogP contribution in [0, 0.1) is 5.41 Å². The summed E-state index contributed by atoms with van der Waals surface area (Å²) in [6, 6.07) is 7.66. The molecule has 0 bridgehead atoms. The van der Waals surface area contributed by atoms with Gasteiger partial charge in [-0.05, 0) is 11.1 Å². The lowest BCUT2D eigenvalue weighted by atomic mass is 10.2. The van der Waals surface area contributed by atoms with Crippen molar-refractivity contribution in [2.24, 2.45) is 4.99 Å². The van der Waals surface area contributed by atoms with Crippen molar-refractivity contribution in [2.45, 2.75) is 0 Å². The summed E-state index contributed by atoms with van der Waals surface area (Å²) < 4.78 is 0. The molecule has 0 amide bonds. The van der Waals surface area contributed by atoms with E-state index in [4.69, 9.17) is 5.41 Å². The van der Waals surface area contributed by atoms with Gasteiger partial charge in [-0.1, -0.05) is 24.3 Å². The number of rotatable bonds is 2. The average Bonchev–Trinajstić information content (AvgIpc) is 2.07. The molecule has 1 aromatic carbocycles. The Balaban J connectivity index is 2.91. The molecule has 0 aromatic heterocycles. The molecule has 56 valence electrons. The largest absolute Gasteiger partial charge is 0.308 e. The van der Waals surface area contributed by atoms with Gasteiger partial charge in [0.25, 0.3) is 0 Å². The SMILES string of the molecule is C/N=C/c1ccc(C=N)cc1. The molecule has 0 saturated heterocycles. The highest BCUT2D eigenvalue weighted by molar-refractivity contribution is 5.82. The Morgan fingerprint density at radius 1 is 1.18 bits per heavy atom. The normalized spacial score (nSPS) is 10.3. The van der Waals surface area contributed by atoms with E-state index in [9.17, 15) is 0 Å². The number of nitrogens with one attached hydrogen (secondary N) is 1. The molecule has 1 aromatic rings. The van der Waals surface area contributed by atoms with Crippen molar-refractivity contribution in [3.63, 3.8) is 0 Å². The molecule has 0 atom stereocenters. The van der Waals surface area contributed by atoms with Gasteiger partial charge in [0, 0.05) is 19.5 Å². The second-order valence-electron chi connectivity index (χ2n) is 2.20. The summed E-state index contributed by atoms with van der Waals surface area (Å²) in [7, 11) is 1.74. The number of aliphatic imine (C=N–C) groups is 1. The summed E-state index contributed by atoms with van der Waals surface area (Å²) in [5.74, 6) is 0. The number of benzene rings is 1. The Hall–Kier alpha value is -1.44. The van der Waals surface area contributed by atoms with Gasteiger partial charge >= 0.3 is 0 Å². The zero-order chi connectivity index (χ0) is 8.10. The number of hydrogen-bond acceptors (Lipinski definition) is 2. The predicted octanol–water partition coefficient (Wildman–Crippen LogP) is 1.73. The minimum Gasteiger partial charge on any atom is -0.308 e.